The Bertz CT molecular complexity index is 1620. The van der Waals surface area contributed by atoms with E-state index in [9.17, 15) is 9.59 Å². The highest BCUT2D eigenvalue weighted by Gasteiger charge is 2.14. The predicted octanol–water partition coefficient (Wildman–Crippen LogP) is 5.17. The van der Waals surface area contributed by atoms with Crippen LogP contribution in [0, 0.1) is 0 Å². The van der Waals surface area contributed by atoms with Crippen molar-refractivity contribution < 1.29 is 4.79 Å². The van der Waals surface area contributed by atoms with Crippen LogP contribution in [0.3, 0.4) is 0 Å². The summed E-state index contributed by atoms with van der Waals surface area (Å²) in [5, 5.41) is 7.49. The second kappa shape index (κ2) is 9.95. The van der Waals surface area contributed by atoms with Crippen LogP contribution in [0.5, 0.6) is 0 Å². The van der Waals surface area contributed by atoms with Crippen LogP contribution in [-0.2, 0) is 4.79 Å². The van der Waals surface area contributed by atoms with Crippen molar-refractivity contribution in [3.8, 4) is 5.69 Å². The van der Waals surface area contributed by atoms with Crippen LogP contribution in [0.15, 0.2) is 112 Å². The first-order chi connectivity index (χ1) is 17.1. The molecule has 1 aromatic heterocycles. The summed E-state index contributed by atoms with van der Waals surface area (Å²) < 4.78 is 1.55. The van der Waals surface area contributed by atoms with Crippen LogP contribution in [0.4, 0.5) is 0 Å². The third-order valence-corrected chi connectivity index (χ3v) is 6.56. The van der Waals surface area contributed by atoms with Crippen molar-refractivity contribution in [3.05, 3.63) is 113 Å². The second-order valence-electron chi connectivity index (χ2n) is 7.94. The molecule has 0 fully saturated rings. The normalized spacial score (nSPS) is 11.6. The Labute approximate surface area is 206 Å². The van der Waals surface area contributed by atoms with Gasteiger partial charge in [0.2, 0.25) is 0 Å². The lowest BCUT2D eigenvalue weighted by Crippen LogP contribution is -2.24. The molecule has 0 aliphatic carbocycles. The summed E-state index contributed by atoms with van der Waals surface area (Å²) in [4.78, 5) is 30.6. The molecule has 0 unspecified atom stereocenters. The maximum Gasteiger partial charge on any atom is 0.266 e. The molecule has 172 valence electrons. The molecule has 5 rings (SSSR count). The number of fused-ring (bicyclic) bond motifs is 2. The van der Waals surface area contributed by atoms with Crippen molar-refractivity contribution in [1.82, 2.24) is 15.0 Å². The Morgan fingerprint density at radius 1 is 0.886 bits per heavy atom. The van der Waals surface area contributed by atoms with E-state index in [0.717, 1.165) is 16.3 Å². The lowest BCUT2D eigenvalue weighted by molar-refractivity contribution is -0.118. The SMILES string of the molecule is C/C(=N/NC(=O)CSc1nc2ccccc2c(=O)n1-c1ccccc1)c1cccc2ccccc12. The van der Waals surface area contributed by atoms with E-state index in [1.807, 2.05) is 91.9 Å². The Balaban J connectivity index is 1.38. The topological polar surface area (TPSA) is 76.3 Å². The first kappa shape index (κ1) is 22.6. The average Bonchev–Trinajstić information content (AvgIpc) is 2.90. The number of benzene rings is 4. The number of thioether (sulfide) groups is 1. The minimum atomic E-state index is -0.281. The number of nitrogens with zero attached hydrogens (tertiary/aromatic N) is 3. The van der Waals surface area contributed by atoms with Gasteiger partial charge in [-0.2, -0.15) is 5.10 Å². The smallest absolute Gasteiger partial charge is 0.266 e. The lowest BCUT2D eigenvalue weighted by Gasteiger charge is -2.13. The number of amides is 1. The quantitative estimate of drug-likeness (QED) is 0.158. The fraction of sp³-hybridized carbons (Fsp3) is 0.0714. The fourth-order valence-corrected chi connectivity index (χ4v) is 4.73. The van der Waals surface area contributed by atoms with E-state index in [-0.39, 0.29) is 17.2 Å². The van der Waals surface area contributed by atoms with Crippen molar-refractivity contribution in [2.45, 2.75) is 12.1 Å². The van der Waals surface area contributed by atoms with Crippen molar-refractivity contribution in [2.75, 3.05) is 5.75 Å². The summed E-state index contributed by atoms with van der Waals surface area (Å²) in [5.74, 6) is -0.221. The molecule has 4 aromatic carbocycles. The molecule has 0 aliphatic heterocycles. The molecule has 6 nitrogen and oxygen atoms in total. The van der Waals surface area contributed by atoms with Crippen molar-refractivity contribution in [2.24, 2.45) is 5.10 Å². The number of aromatic nitrogens is 2. The van der Waals surface area contributed by atoms with Gasteiger partial charge < -0.3 is 0 Å². The highest BCUT2D eigenvalue weighted by molar-refractivity contribution is 7.99. The van der Waals surface area contributed by atoms with Gasteiger partial charge in [0.25, 0.3) is 11.5 Å². The maximum absolute atomic E-state index is 13.3. The Morgan fingerprint density at radius 2 is 1.57 bits per heavy atom. The Kier molecular flexibility index (Phi) is 6.41. The summed E-state index contributed by atoms with van der Waals surface area (Å²) in [6, 6.07) is 30.6. The minimum absolute atomic E-state index is 0.0595. The van der Waals surface area contributed by atoms with E-state index in [4.69, 9.17) is 0 Å². The number of hydrogen-bond donors (Lipinski definition) is 1. The van der Waals surface area contributed by atoms with Crippen molar-refractivity contribution in [3.63, 3.8) is 0 Å². The van der Waals surface area contributed by atoms with E-state index in [2.05, 4.69) is 15.5 Å². The van der Waals surface area contributed by atoms with Gasteiger partial charge in [-0.1, -0.05) is 84.6 Å². The number of para-hydroxylation sites is 2. The highest BCUT2D eigenvalue weighted by atomic mass is 32.2. The van der Waals surface area contributed by atoms with Crippen molar-refractivity contribution in [1.29, 1.82) is 0 Å². The minimum Gasteiger partial charge on any atom is -0.272 e. The third kappa shape index (κ3) is 4.72. The first-order valence-electron chi connectivity index (χ1n) is 11.1. The van der Waals surface area contributed by atoms with Gasteiger partial charge in [-0.3, -0.25) is 14.2 Å². The molecule has 0 atom stereocenters. The maximum atomic E-state index is 13.3. The number of carbonyl (C=O) groups excluding carboxylic acids is 1. The summed E-state index contributed by atoms with van der Waals surface area (Å²) in [6.07, 6.45) is 0. The van der Waals surface area contributed by atoms with Crippen LogP contribution in [0.1, 0.15) is 12.5 Å². The highest BCUT2D eigenvalue weighted by Crippen LogP contribution is 2.22. The number of hydrogen-bond acceptors (Lipinski definition) is 5. The zero-order valence-electron chi connectivity index (χ0n) is 19.0. The molecule has 0 aliphatic rings. The molecule has 1 N–H and O–H groups in total. The molecule has 1 heterocycles. The van der Waals surface area contributed by atoms with Gasteiger partial charge in [-0.05, 0) is 42.0 Å². The van der Waals surface area contributed by atoms with Crippen LogP contribution >= 0.6 is 11.8 Å². The molecular formula is C28H22N4O2S. The van der Waals surface area contributed by atoms with E-state index in [0.29, 0.717) is 27.5 Å². The molecule has 1 amide bonds. The molecule has 35 heavy (non-hydrogen) atoms. The zero-order valence-corrected chi connectivity index (χ0v) is 19.8. The van der Waals surface area contributed by atoms with Crippen LogP contribution in [0.25, 0.3) is 27.4 Å². The van der Waals surface area contributed by atoms with Gasteiger partial charge in [0.1, 0.15) is 0 Å². The summed E-state index contributed by atoms with van der Waals surface area (Å²) in [6.45, 7) is 1.87. The first-order valence-corrected chi connectivity index (χ1v) is 12.1. The lowest BCUT2D eigenvalue weighted by atomic mass is 10.0. The van der Waals surface area contributed by atoms with E-state index < -0.39 is 0 Å². The summed E-state index contributed by atoms with van der Waals surface area (Å²) in [7, 11) is 0. The standard InChI is InChI=1S/C28H22N4O2S/c1-19(22-16-9-11-20-10-5-6-14-23(20)22)30-31-26(33)18-35-28-29-25-17-8-7-15-24(25)27(34)32(28)21-12-3-2-4-13-21/h2-17H,18H2,1H3,(H,31,33)/b30-19-. The van der Waals surface area contributed by atoms with E-state index in [1.54, 1.807) is 16.7 Å². The van der Waals surface area contributed by atoms with Gasteiger partial charge in [-0.25, -0.2) is 10.4 Å². The molecule has 7 heteroatoms. The molecule has 0 radical (unpaired) electrons. The molecule has 0 saturated heterocycles. The largest absolute Gasteiger partial charge is 0.272 e. The number of rotatable bonds is 6. The molecule has 5 aromatic rings. The predicted molar refractivity (Wildman–Crippen MR) is 142 cm³/mol. The summed E-state index contributed by atoms with van der Waals surface area (Å²) in [5.41, 5.74) is 5.44. The van der Waals surface area contributed by atoms with Crippen LogP contribution < -0.4 is 11.0 Å². The second-order valence-corrected chi connectivity index (χ2v) is 8.88. The van der Waals surface area contributed by atoms with Gasteiger partial charge in [0, 0.05) is 5.56 Å². The van der Waals surface area contributed by atoms with Crippen LogP contribution in [-0.4, -0.2) is 26.9 Å². The van der Waals surface area contributed by atoms with Gasteiger partial charge in [-0.15, -0.1) is 0 Å². The number of hydrazone groups is 1. The van der Waals surface area contributed by atoms with Crippen LogP contribution in [0.2, 0.25) is 0 Å². The van der Waals surface area contributed by atoms with Gasteiger partial charge in [0.05, 0.1) is 28.1 Å². The van der Waals surface area contributed by atoms with Crippen molar-refractivity contribution >= 4 is 45.1 Å². The third-order valence-electron chi connectivity index (χ3n) is 5.62. The molecule has 0 bridgehead atoms. The van der Waals surface area contributed by atoms with E-state index in [1.165, 1.54) is 11.8 Å². The summed E-state index contributed by atoms with van der Waals surface area (Å²) >= 11 is 1.20. The average molecular weight is 479 g/mol. The van der Waals surface area contributed by atoms with Gasteiger partial charge in [0.15, 0.2) is 5.16 Å². The van der Waals surface area contributed by atoms with E-state index >= 15 is 0 Å². The Morgan fingerprint density at radius 3 is 2.40 bits per heavy atom. The molecule has 0 spiro atoms. The number of nitrogens with one attached hydrogen (secondary N) is 1. The molecular weight excluding hydrogens is 456 g/mol. The zero-order chi connectivity index (χ0) is 24.2. The fourth-order valence-electron chi connectivity index (χ4n) is 3.92. The Hall–Kier alpha value is -4.23. The molecule has 0 saturated carbocycles. The number of carbonyl (C=O) groups is 1. The van der Waals surface area contributed by atoms with Gasteiger partial charge >= 0.3 is 0 Å². The monoisotopic (exact) mass is 478 g/mol.